The molecule has 0 saturated carbocycles. The third-order valence-corrected chi connectivity index (χ3v) is 5.52. The molecule has 8 nitrogen and oxygen atoms in total. The zero-order valence-electron chi connectivity index (χ0n) is 17.3. The first-order valence-corrected chi connectivity index (χ1v) is 10.8. The first-order valence-electron chi connectivity index (χ1n) is 8.94. The fourth-order valence-electron chi connectivity index (χ4n) is 2.47. The second-order valence-electron chi connectivity index (χ2n) is 6.07. The van der Waals surface area contributed by atoms with Gasteiger partial charge in [-0.3, -0.25) is 0 Å². The monoisotopic (exact) mass is 457 g/mol. The summed E-state index contributed by atoms with van der Waals surface area (Å²) in [7, 11) is -2.99. The predicted octanol–water partition coefficient (Wildman–Crippen LogP) is -1.28. The first kappa shape index (κ1) is 28.4. The van der Waals surface area contributed by atoms with Gasteiger partial charge in [-0.1, -0.05) is 5.92 Å². The highest BCUT2D eigenvalue weighted by Gasteiger charge is 2.23. The van der Waals surface area contributed by atoms with E-state index in [1.54, 1.807) is 31.2 Å². The van der Waals surface area contributed by atoms with Crippen molar-refractivity contribution in [3.63, 3.8) is 0 Å². The van der Waals surface area contributed by atoms with E-state index in [0.717, 1.165) is 5.69 Å². The van der Waals surface area contributed by atoms with Crippen LogP contribution in [0.2, 0.25) is 0 Å². The maximum absolute atomic E-state index is 11.7. The summed E-state index contributed by atoms with van der Waals surface area (Å²) in [5.74, 6) is 21.8. The van der Waals surface area contributed by atoms with Crippen LogP contribution in [0.3, 0.4) is 0 Å². The van der Waals surface area contributed by atoms with Gasteiger partial charge in [-0.2, -0.15) is 0 Å². The van der Waals surface area contributed by atoms with E-state index in [4.69, 9.17) is 4.74 Å². The minimum atomic E-state index is -2.99. The smallest absolute Gasteiger partial charge is 0.394 e. The molecular formula is C23H23NO7S. The van der Waals surface area contributed by atoms with Crippen LogP contribution in [-0.2, 0) is 9.84 Å². The van der Waals surface area contributed by atoms with Crippen molar-refractivity contribution in [3.8, 4) is 65.0 Å². The molecule has 32 heavy (non-hydrogen) atoms. The van der Waals surface area contributed by atoms with Gasteiger partial charge in [0.25, 0.3) is 0 Å². The Bertz CT molecular complexity index is 1180. The third kappa shape index (κ3) is 10.4. The van der Waals surface area contributed by atoms with Gasteiger partial charge in [-0.05, 0) is 85.0 Å². The Morgan fingerprint density at radius 1 is 0.875 bits per heavy atom. The molecule has 168 valence electrons. The number of hydrogen-bond acceptors (Lipinski definition) is 6. The zero-order chi connectivity index (χ0) is 21.9. The van der Waals surface area contributed by atoms with Gasteiger partial charge in [0.15, 0.2) is 9.84 Å². The maximum atomic E-state index is 11.7. The molecule has 2 rings (SSSR count). The first-order chi connectivity index (χ1) is 14.3. The number of rotatable bonds is 3. The van der Waals surface area contributed by atoms with Crippen molar-refractivity contribution in [2.45, 2.75) is 19.3 Å². The molecule has 1 aliphatic heterocycles. The van der Waals surface area contributed by atoms with Crippen molar-refractivity contribution in [3.05, 3.63) is 24.3 Å². The molecule has 0 spiro atoms. The predicted molar refractivity (Wildman–Crippen MR) is 122 cm³/mol. The highest BCUT2D eigenvalue weighted by molar-refractivity contribution is 7.91. The number of nitrogens with zero attached hydrogens (tertiary/aromatic N) is 1. The van der Waals surface area contributed by atoms with Crippen LogP contribution in [0.4, 0.5) is 5.69 Å². The van der Waals surface area contributed by atoms with E-state index in [1.165, 1.54) is 0 Å². The fraction of sp³-hybridized carbons (Fsp3) is 0.304. The molecular weight excluding hydrogens is 434 g/mol. The van der Waals surface area contributed by atoms with Gasteiger partial charge in [-0.15, -0.1) is 0 Å². The SMILES string of the molecule is CC#CC#CC#CC#CC#CC(O)(O)Oc1ccc(N2CCCS(=O)(=O)CC2)cc1.O.O. The topological polar surface area (TPSA) is 150 Å². The number of hydrogen-bond donors (Lipinski definition) is 2. The molecule has 0 aliphatic carbocycles. The zero-order valence-corrected chi connectivity index (χ0v) is 18.1. The van der Waals surface area contributed by atoms with E-state index < -0.39 is 15.8 Å². The molecule has 6 N–H and O–H groups in total. The van der Waals surface area contributed by atoms with Crippen LogP contribution in [0.15, 0.2) is 24.3 Å². The summed E-state index contributed by atoms with van der Waals surface area (Å²) >= 11 is 0. The lowest BCUT2D eigenvalue weighted by atomic mass is 10.2. The quantitative estimate of drug-likeness (QED) is 0.426. The van der Waals surface area contributed by atoms with E-state index in [-0.39, 0.29) is 28.2 Å². The van der Waals surface area contributed by atoms with Gasteiger partial charge in [0.05, 0.1) is 11.5 Å². The molecule has 0 unspecified atom stereocenters. The number of ether oxygens (including phenoxy) is 1. The Balaban J connectivity index is 0.00000480. The molecule has 0 bridgehead atoms. The molecule has 1 fully saturated rings. The average Bonchev–Trinajstić information content (AvgIpc) is 2.87. The van der Waals surface area contributed by atoms with Crippen molar-refractivity contribution in [2.75, 3.05) is 29.5 Å². The second-order valence-corrected chi connectivity index (χ2v) is 8.38. The van der Waals surface area contributed by atoms with Gasteiger partial charge in [0.1, 0.15) is 5.75 Å². The largest absolute Gasteiger partial charge is 0.429 e. The standard InChI is InChI=1S/C23H19NO5S.2H2O/c1-2-3-4-5-6-7-8-9-10-16-23(25,26)29-22-14-12-21(13-15-22)24-17-11-19-30(27,28)20-18-24;;/h12-15,25-26H,11,17-20H2,1H3;2*1H2. The maximum Gasteiger partial charge on any atom is 0.394 e. The summed E-state index contributed by atoms with van der Waals surface area (Å²) in [4.78, 5) is 1.97. The Kier molecular flexibility index (Phi) is 12.1. The number of aliphatic hydroxyl groups is 2. The van der Waals surface area contributed by atoms with Crippen molar-refractivity contribution in [2.24, 2.45) is 0 Å². The van der Waals surface area contributed by atoms with Crippen LogP contribution >= 0.6 is 0 Å². The summed E-state index contributed by atoms with van der Waals surface area (Å²) < 4.78 is 28.5. The van der Waals surface area contributed by atoms with Crippen LogP contribution in [0.1, 0.15) is 13.3 Å². The molecule has 0 amide bonds. The van der Waals surface area contributed by atoms with Gasteiger partial charge >= 0.3 is 5.97 Å². The molecule has 0 radical (unpaired) electrons. The van der Waals surface area contributed by atoms with Gasteiger partial charge in [0, 0.05) is 24.7 Å². The molecule has 1 aliphatic rings. The average molecular weight is 458 g/mol. The summed E-state index contributed by atoms with van der Waals surface area (Å²) in [6.45, 7) is 2.71. The van der Waals surface area contributed by atoms with E-state index in [9.17, 15) is 18.6 Å². The summed E-state index contributed by atoms with van der Waals surface area (Å²) in [5.41, 5.74) is 0.824. The third-order valence-electron chi connectivity index (χ3n) is 3.81. The van der Waals surface area contributed by atoms with Gasteiger partial charge < -0.3 is 30.8 Å². The summed E-state index contributed by atoms with van der Waals surface area (Å²) in [6, 6.07) is 6.53. The van der Waals surface area contributed by atoms with E-state index in [0.29, 0.717) is 19.5 Å². The lowest BCUT2D eigenvalue weighted by molar-refractivity contribution is -0.245. The van der Waals surface area contributed by atoms with Crippen LogP contribution in [0.25, 0.3) is 0 Å². The molecule has 9 heteroatoms. The number of benzene rings is 1. The Morgan fingerprint density at radius 3 is 2.03 bits per heavy atom. The van der Waals surface area contributed by atoms with Crippen molar-refractivity contribution >= 4 is 15.5 Å². The number of anilines is 1. The van der Waals surface area contributed by atoms with E-state index >= 15 is 0 Å². The fourth-order valence-corrected chi connectivity index (χ4v) is 3.75. The van der Waals surface area contributed by atoms with Crippen LogP contribution in [0, 0.1) is 59.2 Å². The van der Waals surface area contributed by atoms with E-state index in [1.807, 2.05) is 4.90 Å². The summed E-state index contributed by atoms with van der Waals surface area (Å²) in [5, 5.41) is 19.6. The second kappa shape index (κ2) is 13.7. The minimum absolute atomic E-state index is 0. The highest BCUT2D eigenvalue weighted by Crippen LogP contribution is 2.22. The van der Waals surface area contributed by atoms with Crippen molar-refractivity contribution < 1.29 is 34.3 Å². The molecule has 1 aromatic carbocycles. The summed E-state index contributed by atoms with van der Waals surface area (Å²) in [6.07, 6.45) is 0.567. The highest BCUT2D eigenvalue weighted by atomic mass is 32.2. The van der Waals surface area contributed by atoms with Crippen molar-refractivity contribution in [1.82, 2.24) is 0 Å². The Morgan fingerprint density at radius 2 is 1.44 bits per heavy atom. The minimum Gasteiger partial charge on any atom is -0.429 e. The van der Waals surface area contributed by atoms with Gasteiger partial charge in [-0.25, -0.2) is 8.42 Å². The van der Waals surface area contributed by atoms with Crippen LogP contribution in [-0.4, -0.2) is 60.2 Å². The van der Waals surface area contributed by atoms with Crippen molar-refractivity contribution in [1.29, 1.82) is 0 Å². The lowest BCUT2D eigenvalue weighted by Gasteiger charge is -2.23. The van der Waals surface area contributed by atoms with E-state index in [2.05, 4.69) is 59.2 Å². The normalized spacial score (nSPS) is 13.4. The molecule has 1 aromatic rings. The molecule has 1 heterocycles. The molecule has 0 aromatic heterocycles. The van der Waals surface area contributed by atoms with Crippen LogP contribution < -0.4 is 9.64 Å². The molecule has 1 saturated heterocycles. The lowest BCUT2D eigenvalue weighted by Crippen LogP contribution is -2.33. The Labute approximate surface area is 188 Å². The molecule has 0 atom stereocenters. The van der Waals surface area contributed by atoms with Gasteiger partial charge in [0.2, 0.25) is 0 Å². The number of sulfone groups is 1. The van der Waals surface area contributed by atoms with Crippen LogP contribution in [0.5, 0.6) is 5.75 Å². The Hall–Kier alpha value is -3.59.